The minimum Gasteiger partial charge on any atom is -0.324 e. The van der Waals surface area contributed by atoms with E-state index >= 15 is 0 Å². The molecule has 1 N–H and O–H groups in total. The van der Waals surface area contributed by atoms with Crippen molar-refractivity contribution in [2.75, 3.05) is 16.9 Å². The first-order chi connectivity index (χ1) is 11.5. The van der Waals surface area contributed by atoms with Gasteiger partial charge >= 0.3 is 0 Å². The third-order valence-corrected chi connectivity index (χ3v) is 5.24. The lowest BCUT2D eigenvalue weighted by Crippen LogP contribution is -2.44. The molecule has 2 heterocycles. The van der Waals surface area contributed by atoms with Crippen LogP contribution in [0.1, 0.15) is 21.6 Å². The number of nitrogens with one attached hydrogen (secondary N) is 1. The van der Waals surface area contributed by atoms with E-state index in [0.29, 0.717) is 17.2 Å². The second-order valence-electron chi connectivity index (χ2n) is 5.91. The van der Waals surface area contributed by atoms with E-state index in [-0.39, 0.29) is 11.8 Å². The van der Waals surface area contributed by atoms with Gasteiger partial charge < -0.3 is 10.2 Å². The van der Waals surface area contributed by atoms with Gasteiger partial charge in [-0.3, -0.25) is 14.3 Å². The minimum absolute atomic E-state index is 0.144. The molecule has 0 spiro atoms. The Morgan fingerprint density at radius 3 is 2.58 bits per heavy atom. The van der Waals surface area contributed by atoms with Gasteiger partial charge in [0.25, 0.3) is 5.91 Å². The zero-order valence-electron chi connectivity index (χ0n) is 13.9. The molecular weight excluding hydrogens is 324 g/mol. The number of aromatic nitrogens is 2. The van der Waals surface area contributed by atoms with Gasteiger partial charge in [0.05, 0.1) is 17.6 Å². The zero-order chi connectivity index (χ0) is 17.3. The third kappa shape index (κ3) is 3.17. The summed E-state index contributed by atoms with van der Waals surface area (Å²) in [7, 11) is 1.80. The van der Waals surface area contributed by atoms with Crippen molar-refractivity contribution in [3.8, 4) is 0 Å². The van der Waals surface area contributed by atoms with E-state index in [2.05, 4.69) is 10.4 Å². The molecule has 1 atom stereocenters. The predicted molar refractivity (Wildman–Crippen MR) is 95.0 cm³/mol. The summed E-state index contributed by atoms with van der Waals surface area (Å²) >= 11 is 1.58. The van der Waals surface area contributed by atoms with Gasteiger partial charge in [-0.15, -0.1) is 11.8 Å². The van der Waals surface area contributed by atoms with Crippen LogP contribution in [-0.2, 0) is 11.8 Å². The molecule has 126 valence electrons. The molecule has 1 fully saturated rings. The minimum atomic E-state index is -0.469. The largest absolute Gasteiger partial charge is 0.324 e. The topological polar surface area (TPSA) is 67.2 Å². The molecule has 1 aliphatic rings. The molecular formula is C17H20N4O2S. The standard InChI is InChI=1S/C17H20N4O2S/c1-11-4-6-13(7-5-11)19-16(22)15-9-24-10-21(15)17(23)14-8-18-20(3)12(14)2/h4-8,15H,9-10H2,1-3H3,(H,19,22). The van der Waals surface area contributed by atoms with Crippen molar-refractivity contribution in [3.63, 3.8) is 0 Å². The van der Waals surface area contributed by atoms with Crippen molar-refractivity contribution in [1.29, 1.82) is 0 Å². The summed E-state index contributed by atoms with van der Waals surface area (Å²) in [4.78, 5) is 27.0. The van der Waals surface area contributed by atoms with Gasteiger partial charge in [-0.1, -0.05) is 17.7 Å². The second kappa shape index (κ2) is 6.68. The zero-order valence-corrected chi connectivity index (χ0v) is 14.8. The second-order valence-corrected chi connectivity index (χ2v) is 6.91. The Kier molecular flexibility index (Phi) is 4.62. The summed E-state index contributed by atoms with van der Waals surface area (Å²) < 4.78 is 1.66. The fourth-order valence-corrected chi connectivity index (χ4v) is 3.74. The van der Waals surface area contributed by atoms with Crippen molar-refractivity contribution in [2.45, 2.75) is 19.9 Å². The maximum absolute atomic E-state index is 12.8. The first-order valence-electron chi connectivity index (χ1n) is 7.72. The van der Waals surface area contributed by atoms with Gasteiger partial charge in [-0.2, -0.15) is 5.10 Å². The lowest BCUT2D eigenvalue weighted by molar-refractivity contribution is -0.119. The van der Waals surface area contributed by atoms with Crippen LogP contribution in [0.25, 0.3) is 0 Å². The normalized spacial score (nSPS) is 17.1. The first-order valence-corrected chi connectivity index (χ1v) is 8.87. The Morgan fingerprint density at radius 2 is 1.96 bits per heavy atom. The first kappa shape index (κ1) is 16.6. The Balaban J connectivity index is 1.75. The van der Waals surface area contributed by atoms with Gasteiger partial charge in [0, 0.05) is 24.2 Å². The van der Waals surface area contributed by atoms with E-state index in [1.807, 2.05) is 38.1 Å². The summed E-state index contributed by atoms with van der Waals surface area (Å²) in [5.74, 6) is 0.815. The number of hydrogen-bond acceptors (Lipinski definition) is 4. The van der Waals surface area contributed by atoms with Crippen molar-refractivity contribution >= 4 is 29.3 Å². The molecule has 0 bridgehead atoms. The van der Waals surface area contributed by atoms with Gasteiger partial charge in [0.2, 0.25) is 5.91 Å². The predicted octanol–water partition coefficient (Wildman–Crippen LogP) is 2.19. The van der Waals surface area contributed by atoms with E-state index < -0.39 is 6.04 Å². The monoisotopic (exact) mass is 344 g/mol. The van der Waals surface area contributed by atoms with Crippen LogP contribution in [0.2, 0.25) is 0 Å². The van der Waals surface area contributed by atoms with Crippen LogP contribution in [0.3, 0.4) is 0 Å². The highest BCUT2D eigenvalue weighted by Gasteiger charge is 2.36. The number of rotatable bonds is 3. The molecule has 1 aromatic heterocycles. The van der Waals surface area contributed by atoms with Crippen LogP contribution in [0.4, 0.5) is 5.69 Å². The van der Waals surface area contributed by atoms with Crippen molar-refractivity contribution in [3.05, 3.63) is 47.3 Å². The van der Waals surface area contributed by atoms with Gasteiger partial charge in [-0.25, -0.2) is 0 Å². The van der Waals surface area contributed by atoms with Gasteiger partial charge in [0.1, 0.15) is 6.04 Å². The van der Waals surface area contributed by atoms with Crippen LogP contribution in [-0.4, -0.2) is 44.2 Å². The Bertz CT molecular complexity index is 769. The quantitative estimate of drug-likeness (QED) is 0.927. The average molecular weight is 344 g/mol. The number of anilines is 1. The van der Waals surface area contributed by atoms with Gasteiger partial charge in [0.15, 0.2) is 0 Å². The molecule has 2 amide bonds. The summed E-state index contributed by atoms with van der Waals surface area (Å²) in [6, 6.07) is 7.16. The number of amides is 2. The summed E-state index contributed by atoms with van der Waals surface area (Å²) in [6.45, 7) is 3.85. The molecule has 7 heteroatoms. The fourth-order valence-electron chi connectivity index (χ4n) is 2.59. The van der Waals surface area contributed by atoms with E-state index in [0.717, 1.165) is 16.9 Å². The molecule has 3 rings (SSSR count). The SMILES string of the molecule is Cc1ccc(NC(=O)C2CSCN2C(=O)c2cnn(C)c2C)cc1. The number of carbonyl (C=O) groups is 2. The van der Waals surface area contributed by atoms with Crippen LogP contribution >= 0.6 is 11.8 Å². The molecule has 1 saturated heterocycles. The number of benzene rings is 1. The highest BCUT2D eigenvalue weighted by atomic mass is 32.2. The molecule has 1 aromatic carbocycles. The maximum Gasteiger partial charge on any atom is 0.258 e. The lowest BCUT2D eigenvalue weighted by atomic mass is 10.2. The smallest absolute Gasteiger partial charge is 0.258 e. The summed E-state index contributed by atoms with van der Waals surface area (Å²) in [5.41, 5.74) is 3.23. The molecule has 1 unspecified atom stereocenters. The molecule has 6 nitrogen and oxygen atoms in total. The van der Waals surface area contributed by atoms with E-state index in [9.17, 15) is 9.59 Å². The number of carbonyl (C=O) groups excluding carboxylic acids is 2. The number of aryl methyl sites for hydroxylation is 2. The number of thioether (sulfide) groups is 1. The molecule has 2 aromatic rings. The van der Waals surface area contributed by atoms with E-state index in [1.54, 1.807) is 34.6 Å². The number of nitrogens with zero attached hydrogens (tertiary/aromatic N) is 3. The highest BCUT2D eigenvalue weighted by Crippen LogP contribution is 2.25. The van der Waals surface area contributed by atoms with Crippen LogP contribution < -0.4 is 5.32 Å². The summed E-state index contributed by atoms with van der Waals surface area (Å²) in [6.07, 6.45) is 1.57. The van der Waals surface area contributed by atoms with Crippen LogP contribution in [0, 0.1) is 13.8 Å². The van der Waals surface area contributed by atoms with Crippen molar-refractivity contribution < 1.29 is 9.59 Å². The molecule has 24 heavy (non-hydrogen) atoms. The Morgan fingerprint density at radius 1 is 1.25 bits per heavy atom. The van der Waals surface area contributed by atoms with E-state index in [1.165, 1.54) is 0 Å². The third-order valence-electron chi connectivity index (χ3n) is 4.23. The molecule has 0 aliphatic carbocycles. The van der Waals surface area contributed by atoms with E-state index in [4.69, 9.17) is 0 Å². The fraction of sp³-hybridized carbons (Fsp3) is 0.353. The van der Waals surface area contributed by atoms with Crippen molar-refractivity contribution in [2.24, 2.45) is 7.05 Å². The van der Waals surface area contributed by atoms with Crippen LogP contribution in [0.5, 0.6) is 0 Å². The highest BCUT2D eigenvalue weighted by molar-refractivity contribution is 7.99. The molecule has 0 radical (unpaired) electrons. The Hall–Kier alpha value is -2.28. The Labute approximate surface area is 145 Å². The van der Waals surface area contributed by atoms with Crippen LogP contribution in [0.15, 0.2) is 30.5 Å². The maximum atomic E-state index is 12.8. The average Bonchev–Trinajstić information content (AvgIpc) is 3.17. The molecule has 0 saturated carbocycles. The van der Waals surface area contributed by atoms with Crippen molar-refractivity contribution in [1.82, 2.24) is 14.7 Å². The lowest BCUT2D eigenvalue weighted by Gasteiger charge is -2.23. The number of hydrogen-bond donors (Lipinski definition) is 1. The van der Waals surface area contributed by atoms with Gasteiger partial charge in [-0.05, 0) is 26.0 Å². The molecule has 1 aliphatic heterocycles. The summed E-state index contributed by atoms with van der Waals surface area (Å²) in [5, 5.41) is 7.02.